The number of para-hydroxylation sites is 2. The van der Waals surface area contributed by atoms with Crippen LogP contribution in [0.5, 0.6) is 11.5 Å². The first-order chi connectivity index (χ1) is 19.1. The van der Waals surface area contributed by atoms with Crippen LogP contribution in [0, 0.1) is 33.5 Å². The molecule has 194 valence electrons. The number of hydrogen-bond donors (Lipinski definition) is 1. The summed E-state index contributed by atoms with van der Waals surface area (Å²) < 4.78 is 6.97. The van der Waals surface area contributed by atoms with Gasteiger partial charge in [-0.1, -0.05) is 48.5 Å². The molecule has 2 amide bonds. The average molecular weight is 569 g/mol. The summed E-state index contributed by atoms with van der Waals surface area (Å²) in [6.07, 6.45) is 0.921. The van der Waals surface area contributed by atoms with Crippen molar-refractivity contribution in [2.24, 2.45) is 29.6 Å². The predicted octanol–water partition coefficient (Wildman–Crippen LogP) is 7.28. The van der Waals surface area contributed by atoms with E-state index in [1.165, 1.54) is 15.3 Å². The van der Waals surface area contributed by atoms with Crippen molar-refractivity contribution in [2.75, 3.05) is 4.90 Å². The number of aromatic amines is 1. The molecule has 2 bridgehead atoms. The first-order valence-corrected chi connectivity index (χ1v) is 15.3. The summed E-state index contributed by atoms with van der Waals surface area (Å²) in [5, 5.41) is 1.37. The molecule has 2 aliphatic heterocycles. The number of aromatic nitrogens is 1. The van der Waals surface area contributed by atoms with Gasteiger partial charge in [0.25, 0.3) is 0 Å². The Morgan fingerprint density at radius 3 is 2.31 bits per heavy atom. The summed E-state index contributed by atoms with van der Waals surface area (Å²) >= 11 is 9.08. The van der Waals surface area contributed by atoms with Gasteiger partial charge in [-0.3, -0.25) is 14.5 Å². The Hall–Kier alpha value is -3.20. The summed E-state index contributed by atoms with van der Waals surface area (Å²) in [5.74, 6) is 1.68. The van der Waals surface area contributed by atoms with Gasteiger partial charge in [0, 0.05) is 16.0 Å². The van der Waals surface area contributed by atoms with Gasteiger partial charge in [-0.25, -0.2) is 0 Å². The first kappa shape index (κ1) is 23.7. The molecule has 0 spiro atoms. The van der Waals surface area contributed by atoms with Crippen LogP contribution in [0.15, 0.2) is 90.0 Å². The summed E-state index contributed by atoms with van der Waals surface area (Å²) in [4.78, 5) is 33.7. The number of nitrogens with one attached hydrogen (secondary N) is 1. The molecule has 2 aliphatic carbocycles. The average Bonchev–Trinajstić information content (AvgIpc) is 3.68. The molecular formula is C31H24N2O3S3. The lowest BCUT2D eigenvalue weighted by Gasteiger charge is -2.43. The molecule has 1 N–H and O–H groups in total. The summed E-state index contributed by atoms with van der Waals surface area (Å²) in [6, 6.07) is 27.5. The molecule has 8 heteroatoms. The first-order valence-electron chi connectivity index (χ1n) is 13.2. The number of fused-ring (bicyclic) bond motifs is 9. The van der Waals surface area contributed by atoms with Gasteiger partial charge in [-0.15, -0.1) is 23.1 Å². The van der Waals surface area contributed by atoms with Crippen molar-refractivity contribution in [3.05, 3.63) is 99.3 Å². The number of nitrogens with zero attached hydrogens (tertiary/aromatic N) is 1. The molecular weight excluding hydrogens is 545 g/mol. The van der Waals surface area contributed by atoms with E-state index in [0.29, 0.717) is 5.69 Å². The van der Waals surface area contributed by atoms with Crippen molar-refractivity contribution in [2.45, 2.75) is 22.6 Å². The lowest BCUT2D eigenvalue weighted by Crippen LogP contribution is -2.42. The van der Waals surface area contributed by atoms with Gasteiger partial charge in [0.05, 0.1) is 22.5 Å². The van der Waals surface area contributed by atoms with Gasteiger partial charge in [0.15, 0.2) is 3.95 Å². The summed E-state index contributed by atoms with van der Waals surface area (Å²) in [6.45, 7) is 0. The van der Waals surface area contributed by atoms with Crippen LogP contribution < -0.4 is 9.64 Å². The van der Waals surface area contributed by atoms with E-state index in [0.717, 1.165) is 26.9 Å². The van der Waals surface area contributed by atoms with Gasteiger partial charge >= 0.3 is 0 Å². The zero-order valence-electron chi connectivity index (χ0n) is 20.7. The lowest BCUT2D eigenvalue weighted by molar-refractivity contribution is -0.123. The van der Waals surface area contributed by atoms with E-state index >= 15 is 0 Å². The third kappa shape index (κ3) is 3.54. The Balaban J connectivity index is 1.20. The number of H-pyrrole nitrogens is 1. The Morgan fingerprint density at radius 2 is 1.54 bits per heavy atom. The number of benzene rings is 3. The van der Waals surface area contributed by atoms with Crippen LogP contribution >= 0.6 is 35.3 Å². The fourth-order valence-corrected chi connectivity index (χ4v) is 11.0. The fraction of sp³-hybridized carbons (Fsp3) is 0.258. The zero-order chi connectivity index (χ0) is 26.2. The van der Waals surface area contributed by atoms with Crippen molar-refractivity contribution < 1.29 is 14.3 Å². The monoisotopic (exact) mass is 568 g/mol. The van der Waals surface area contributed by atoms with E-state index in [2.05, 4.69) is 17.1 Å². The highest BCUT2D eigenvalue weighted by Crippen LogP contribution is 2.69. The Morgan fingerprint density at radius 1 is 0.846 bits per heavy atom. The largest absolute Gasteiger partial charge is 0.457 e. The minimum absolute atomic E-state index is 0.0263. The fourth-order valence-electron chi connectivity index (χ4n) is 7.62. The SMILES string of the molecule is O=C1C2C3CC(C2C(=O)N1c1ccccc1)C1C(c2cccc(Oc4ccccc4)c2)c2sc(=S)[nH]c2SC31. The molecule has 3 heterocycles. The highest BCUT2D eigenvalue weighted by molar-refractivity contribution is 8.00. The number of thioether (sulfide) groups is 1. The van der Waals surface area contributed by atoms with E-state index in [9.17, 15) is 9.59 Å². The lowest BCUT2D eigenvalue weighted by atomic mass is 9.68. The maximum Gasteiger partial charge on any atom is 0.238 e. The maximum absolute atomic E-state index is 13.9. The third-order valence-electron chi connectivity index (χ3n) is 8.93. The topological polar surface area (TPSA) is 62.4 Å². The number of ether oxygens (including phenoxy) is 1. The molecule has 1 saturated heterocycles. The number of hydrogen-bond acceptors (Lipinski definition) is 6. The van der Waals surface area contributed by atoms with E-state index in [-0.39, 0.29) is 52.6 Å². The van der Waals surface area contributed by atoms with Crippen LogP contribution in [-0.2, 0) is 9.59 Å². The second-order valence-corrected chi connectivity index (χ2v) is 13.7. The van der Waals surface area contributed by atoms with Crippen LogP contribution in [0.1, 0.15) is 22.8 Å². The molecule has 3 aromatic carbocycles. The quantitative estimate of drug-likeness (QED) is 0.207. The van der Waals surface area contributed by atoms with Crippen molar-refractivity contribution in [1.29, 1.82) is 0 Å². The van der Waals surface area contributed by atoms with E-state index in [1.54, 1.807) is 11.3 Å². The zero-order valence-corrected chi connectivity index (χ0v) is 23.2. The number of amides is 2. The van der Waals surface area contributed by atoms with Gasteiger partial charge in [0.2, 0.25) is 11.8 Å². The highest BCUT2D eigenvalue weighted by atomic mass is 32.2. The van der Waals surface area contributed by atoms with Crippen molar-refractivity contribution >= 4 is 52.8 Å². The molecule has 5 nitrogen and oxygen atoms in total. The normalized spacial score (nSPS) is 30.3. The van der Waals surface area contributed by atoms with E-state index in [1.807, 2.05) is 84.6 Å². The van der Waals surface area contributed by atoms with E-state index in [4.69, 9.17) is 17.0 Å². The number of thiazole rings is 1. The van der Waals surface area contributed by atoms with Crippen LogP contribution in [0.3, 0.4) is 0 Å². The van der Waals surface area contributed by atoms with Gasteiger partial charge in [0.1, 0.15) is 11.5 Å². The number of rotatable bonds is 4. The third-order valence-corrected chi connectivity index (χ3v) is 11.9. The summed E-state index contributed by atoms with van der Waals surface area (Å²) in [5.41, 5.74) is 1.86. The molecule has 4 aromatic rings. The number of imide groups is 1. The van der Waals surface area contributed by atoms with Crippen molar-refractivity contribution in [3.8, 4) is 11.5 Å². The molecule has 39 heavy (non-hydrogen) atoms. The predicted molar refractivity (Wildman–Crippen MR) is 155 cm³/mol. The molecule has 8 rings (SSSR count). The highest BCUT2D eigenvalue weighted by Gasteiger charge is 2.69. The molecule has 7 atom stereocenters. The van der Waals surface area contributed by atoms with Crippen LogP contribution in [0.2, 0.25) is 0 Å². The number of carbonyl (C=O) groups is 2. The van der Waals surface area contributed by atoms with Gasteiger partial charge < -0.3 is 9.72 Å². The molecule has 3 fully saturated rings. The standard InChI is InChI=1S/C31H24N2O3S3/c34-29-24-20-15-21(25(24)30(35)33(29)17-9-3-1-4-10-17)26-23(20)22(27-28(38-26)32-31(37)39-27)16-8-7-13-19(14-16)36-18-11-5-2-6-12-18/h1-14,20-26H,15H2,(H,32,37). The molecule has 2 saturated carbocycles. The van der Waals surface area contributed by atoms with Crippen LogP contribution in [-0.4, -0.2) is 22.0 Å². The molecule has 1 aromatic heterocycles. The van der Waals surface area contributed by atoms with E-state index < -0.39 is 0 Å². The molecule has 4 aliphatic rings. The summed E-state index contributed by atoms with van der Waals surface area (Å²) in [7, 11) is 0. The molecule has 0 radical (unpaired) electrons. The van der Waals surface area contributed by atoms with Crippen LogP contribution in [0.4, 0.5) is 5.69 Å². The minimum atomic E-state index is -0.260. The smallest absolute Gasteiger partial charge is 0.238 e. The number of anilines is 1. The number of carbonyl (C=O) groups excluding carboxylic acids is 2. The van der Waals surface area contributed by atoms with Gasteiger partial charge in [-0.05, 0) is 78.4 Å². The second-order valence-electron chi connectivity index (χ2n) is 10.8. The van der Waals surface area contributed by atoms with Crippen molar-refractivity contribution in [1.82, 2.24) is 4.98 Å². The Labute approximate surface area is 239 Å². The van der Waals surface area contributed by atoms with Gasteiger partial charge in [-0.2, -0.15) is 0 Å². The van der Waals surface area contributed by atoms with Crippen molar-refractivity contribution in [3.63, 3.8) is 0 Å². The maximum atomic E-state index is 13.9. The Kier molecular flexibility index (Phi) is 5.41. The molecule has 7 unspecified atom stereocenters. The Bertz CT molecular complexity index is 1670. The second kappa shape index (κ2) is 8.91. The minimum Gasteiger partial charge on any atom is -0.457 e. The van der Waals surface area contributed by atoms with Crippen LogP contribution in [0.25, 0.3) is 0 Å².